The van der Waals surface area contributed by atoms with Crippen LogP contribution in [0.15, 0.2) is 0 Å². The maximum Gasteiger partial charge on any atom is 0.0488 e. The second-order valence-corrected chi connectivity index (χ2v) is 5.64. The van der Waals surface area contributed by atoms with E-state index >= 15 is 0 Å². The average Bonchev–Trinajstić information content (AvgIpc) is 2.45. The Kier molecular flexibility index (Phi) is 5.34. The van der Waals surface area contributed by atoms with E-state index in [0.29, 0.717) is 5.92 Å². The molecule has 2 atom stereocenters. The maximum absolute atomic E-state index is 5.58. The van der Waals surface area contributed by atoms with Crippen molar-refractivity contribution in [2.24, 2.45) is 11.8 Å². The molecule has 0 aromatic carbocycles. The molecular weight excluding hydrogens is 228 g/mol. The van der Waals surface area contributed by atoms with Crippen molar-refractivity contribution in [3.05, 3.63) is 0 Å². The molecule has 0 aliphatic heterocycles. The smallest absolute Gasteiger partial charge is 0.0488 e. The lowest BCUT2D eigenvalue weighted by molar-refractivity contribution is 0.0989. The first-order valence-corrected chi connectivity index (χ1v) is 6.33. The molecule has 2 heteroatoms. The zero-order valence-electron chi connectivity index (χ0n) is 8.76. The molecule has 0 aromatic heterocycles. The molecule has 1 saturated carbocycles. The van der Waals surface area contributed by atoms with E-state index in [1.165, 1.54) is 25.7 Å². The molecule has 0 heterocycles. The van der Waals surface area contributed by atoms with Gasteiger partial charge in [0.25, 0.3) is 0 Å². The summed E-state index contributed by atoms with van der Waals surface area (Å²) in [4.78, 5) is 0.759. The van der Waals surface area contributed by atoms with Gasteiger partial charge in [-0.3, -0.25) is 0 Å². The Bertz CT molecular complexity index is 136. The summed E-state index contributed by atoms with van der Waals surface area (Å²) in [6.45, 7) is 6.26. The highest BCUT2D eigenvalue weighted by Gasteiger charge is 2.24. The maximum atomic E-state index is 5.58. The van der Waals surface area contributed by atoms with Crippen molar-refractivity contribution < 1.29 is 4.74 Å². The number of alkyl halides is 1. The van der Waals surface area contributed by atoms with E-state index in [1.54, 1.807) is 0 Å². The second-order valence-electron chi connectivity index (χ2n) is 4.46. The molecular formula is C11H21BrO. The largest absolute Gasteiger partial charge is 0.381 e. The van der Waals surface area contributed by atoms with Crippen LogP contribution >= 0.6 is 15.9 Å². The third-order valence-electron chi connectivity index (χ3n) is 2.65. The fourth-order valence-corrected chi connectivity index (χ4v) is 2.72. The first kappa shape index (κ1) is 11.5. The van der Waals surface area contributed by atoms with Crippen molar-refractivity contribution in [3.8, 4) is 0 Å². The Morgan fingerprint density at radius 3 is 2.69 bits per heavy atom. The van der Waals surface area contributed by atoms with Crippen molar-refractivity contribution in [2.45, 2.75) is 44.4 Å². The fourth-order valence-electron chi connectivity index (χ4n) is 1.87. The molecule has 0 spiro atoms. The van der Waals surface area contributed by atoms with Gasteiger partial charge in [0, 0.05) is 18.0 Å². The van der Waals surface area contributed by atoms with Gasteiger partial charge in [-0.15, -0.1) is 0 Å². The zero-order valence-corrected chi connectivity index (χ0v) is 10.3. The van der Waals surface area contributed by atoms with Crippen molar-refractivity contribution in [1.29, 1.82) is 0 Å². The van der Waals surface area contributed by atoms with E-state index in [4.69, 9.17) is 4.74 Å². The summed E-state index contributed by atoms with van der Waals surface area (Å²) in [5, 5.41) is 0. The molecule has 1 fully saturated rings. The lowest BCUT2D eigenvalue weighted by atomic mass is 10.1. The van der Waals surface area contributed by atoms with Crippen LogP contribution in [-0.2, 0) is 4.74 Å². The monoisotopic (exact) mass is 248 g/mol. The topological polar surface area (TPSA) is 9.23 Å². The molecule has 0 saturated heterocycles. The van der Waals surface area contributed by atoms with Gasteiger partial charge in [0.2, 0.25) is 0 Å². The summed E-state index contributed by atoms with van der Waals surface area (Å²) in [6.07, 6.45) is 5.38. The van der Waals surface area contributed by atoms with Gasteiger partial charge in [-0.05, 0) is 31.1 Å². The van der Waals surface area contributed by atoms with Gasteiger partial charge in [-0.25, -0.2) is 0 Å². The first-order chi connectivity index (χ1) is 6.20. The Morgan fingerprint density at radius 2 is 2.15 bits per heavy atom. The van der Waals surface area contributed by atoms with Crippen LogP contribution in [0.3, 0.4) is 0 Å². The van der Waals surface area contributed by atoms with Crippen molar-refractivity contribution >= 4 is 15.9 Å². The lowest BCUT2D eigenvalue weighted by Gasteiger charge is -2.14. The highest BCUT2D eigenvalue weighted by molar-refractivity contribution is 9.09. The standard InChI is InChI=1S/C11H21BrO/c1-9(2)8-13-7-6-10-4-3-5-11(10)12/h9-11H,3-8H2,1-2H3. The van der Waals surface area contributed by atoms with Crippen LogP contribution in [0.1, 0.15) is 39.5 Å². The third-order valence-corrected chi connectivity index (χ3v) is 3.86. The predicted molar refractivity (Wildman–Crippen MR) is 60.3 cm³/mol. The normalized spacial score (nSPS) is 28.6. The number of hydrogen-bond donors (Lipinski definition) is 0. The molecule has 2 unspecified atom stereocenters. The first-order valence-electron chi connectivity index (χ1n) is 5.42. The Labute approximate surface area is 90.4 Å². The SMILES string of the molecule is CC(C)COCCC1CCCC1Br. The minimum atomic E-state index is 0.670. The van der Waals surface area contributed by atoms with Crippen LogP contribution in [0.4, 0.5) is 0 Å². The highest BCUT2D eigenvalue weighted by Crippen LogP contribution is 2.33. The number of rotatable bonds is 5. The number of ether oxygens (including phenoxy) is 1. The lowest BCUT2D eigenvalue weighted by Crippen LogP contribution is -2.11. The third kappa shape index (κ3) is 4.46. The van der Waals surface area contributed by atoms with Crippen LogP contribution in [0.25, 0.3) is 0 Å². The van der Waals surface area contributed by atoms with Gasteiger partial charge in [-0.2, -0.15) is 0 Å². The molecule has 1 aliphatic rings. The molecule has 0 bridgehead atoms. The predicted octanol–water partition coefficient (Wildman–Crippen LogP) is 3.61. The van der Waals surface area contributed by atoms with Crippen LogP contribution in [0.2, 0.25) is 0 Å². The quantitative estimate of drug-likeness (QED) is 0.534. The van der Waals surface area contributed by atoms with Gasteiger partial charge in [0.05, 0.1) is 0 Å². The summed E-state index contributed by atoms with van der Waals surface area (Å²) < 4.78 is 5.58. The molecule has 1 aliphatic carbocycles. The zero-order chi connectivity index (χ0) is 9.68. The minimum absolute atomic E-state index is 0.670. The van der Waals surface area contributed by atoms with Gasteiger partial charge >= 0.3 is 0 Å². The fraction of sp³-hybridized carbons (Fsp3) is 1.00. The number of hydrogen-bond acceptors (Lipinski definition) is 1. The van der Waals surface area contributed by atoms with Gasteiger partial charge in [-0.1, -0.05) is 36.2 Å². The molecule has 1 rings (SSSR count). The minimum Gasteiger partial charge on any atom is -0.381 e. The summed E-state index contributed by atoms with van der Waals surface area (Å²) in [5.74, 6) is 1.54. The van der Waals surface area contributed by atoms with Crippen LogP contribution in [-0.4, -0.2) is 18.0 Å². The van der Waals surface area contributed by atoms with E-state index < -0.39 is 0 Å². The molecule has 0 N–H and O–H groups in total. The van der Waals surface area contributed by atoms with Gasteiger partial charge in [0.1, 0.15) is 0 Å². The van der Waals surface area contributed by atoms with E-state index in [0.717, 1.165) is 24.0 Å². The van der Waals surface area contributed by atoms with Crippen molar-refractivity contribution in [2.75, 3.05) is 13.2 Å². The summed E-state index contributed by atoms with van der Waals surface area (Å²) in [7, 11) is 0. The van der Waals surface area contributed by atoms with Gasteiger partial charge < -0.3 is 4.74 Å². The van der Waals surface area contributed by atoms with Crippen LogP contribution in [0.5, 0.6) is 0 Å². The molecule has 0 amide bonds. The second kappa shape index (κ2) is 6.02. The number of halogens is 1. The van der Waals surface area contributed by atoms with Crippen molar-refractivity contribution in [1.82, 2.24) is 0 Å². The van der Waals surface area contributed by atoms with E-state index in [2.05, 4.69) is 29.8 Å². The Hall–Kier alpha value is 0.440. The summed E-state index contributed by atoms with van der Waals surface area (Å²) in [5.41, 5.74) is 0. The molecule has 13 heavy (non-hydrogen) atoms. The van der Waals surface area contributed by atoms with E-state index in [9.17, 15) is 0 Å². The van der Waals surface area contributed by atoms with Crippen LogP contribution < -0.4 is 0 Å². The molecule has 78 valence electrons. The molecule has 0 aromatic rings. The summed E-state index contributed by atoms with van der Waals surface area (Å²) >= 11 is 3.73. The Balaban J connectivity index is 1.99. The average molecular weight is 249 g/mol. The molecule has 0 radical (unpaired) electrons. The van der Waals surface area contributed by atoms with Crippen LogP contribution in [0, 0.1) is 11.8 Å². The Morgan fingerprint density at radius 1 is 1.38 bits per heavy atom. The van der Waals surface area contributed by atoms with E-state index in [1.807, 2.05) is 0 Å². The highest BCUT2D eigenvalue weighted by atomic mass is 79.9. The van der Waals surface area contributed by atoms with Gasteiger partial charge in [0.15, 0.2) is 0 Å². The van der Waals surface area contributed by atoms with E-state index in [-0.39, 0.29) is 0 Å². The molecule has 1 nitrogen and oxygen atoms in total. The summed E-state index contributed by atoms with van der Waals surface area (Å²) in [6, 6.07) is 0. The van der Waals surface area contributed by atoms with Crippen molar-refractivity contribution in [3.63, 3.8) is 0 Å².